The molecule has 1 heterocycles. The van der Waals surface area contributed by atoms with Crippen molar-refractivity contribution in [2.45, 2.75) is 0 Å². The third-order valence-corrected chi connectivity index (χ3v) is 6.88. The Kier molecular flexibility index (Phi) is 7.15. The Balaban J connectivity index is 1.31. The number of hydrazone groups is 1. The van der Waals surface area contributed by atoms with E-state index in [0.29, 0.717) is 37.5 Å². The Bertz CT molecular complexity index is 1550. The van der Waals surface area contributed by atoms with Gasteiger partial charge in [0.15, 0.2) is 0 Å². The molecule has 4 aromatic carbocycles. The molecular formula is C29H26ClN4O4+. The van der Waals surface area contributed by atoms with E-state index in [2.05, 4.69) is 15.4 Å². The molecule has 1 saturated heterocycles. The van der Waals surface area contributed by atoms with Crippen molar-refractivity contribution in [1.29, 1.82) is 0 Å². The molecule has 4 aromatic rings. The van der Waals surface area contributed by atoms with E-state index in [1.165, 1.54) is 24.4 Å². The number of phenolic OH excluding ortho intramolecular Hbond substituents is 1. The summed E-state index contributed by atoms with van der Waals surface area (Å²) < 4.78 is 0. The van der Waals surface area contributed by atoms with Crippen molar-refractivity contribution in [3.8, 4) is 11.5 Å². The van der Waals surface area contributed by atoms with Gasteiger partial charge in [-0.1, -0.05) is 54.1 Å². The van der Waals surface area contributed by atoms with Gasteiger partial charge >= 0.3 is 0 Å². The number of halogens is 1. The van der Waals surface area contributed by atoms with Gasteiger partial charge in [0, 0.05) is 48.9 Å². The van der Waals surface area contributed by atoms with E-state index in [1.54, 1.807) is 12.1 Å². The Morgan fingerprint density at radius 1 is 0.921 bits per heavy atom. The normalized spacial score (nSPS) is 13.7. The summed E-state index contributed by atoms with van der Waals surface area (Å²) in [5, 5.41) is 23.5. The fourth-order valence-corrected chi connectivity index (χ4v) is 4.75. The van der Waals surface area contributed by atoms with Crippen LogP contribution in [-0.4, -0.2) is 59.3 Å². The molecule has 38 heavy (non-hydrogen) atoms. The molecule has 2 amide bonds. The lowest BCUT2D eigenvalue weighted by atomic mass is 9.99. The zero-order valence-electron chi connectivity index (χ0n) is 20.4. The van der Waals surface area contributed by atoms with Gasteiger partial charge in [0.1, 0.15) is 11.4 Å². The highest BCUT2D eigenvalue weighted by Gasteiger charge is 2.25. The van der Waals surface area contributed by atoms with E-state index in [4.69, 9.17) is 16.7 Å². The molecule has 0 unspecified atom stereocenters. The number of aromatic hydroxyl groups is 1. The van der Waals surface area contributed by atoms with Crippen LogP contribution >= 0.6 is 11.6 Å². The van der Waals surface area contributed by atoms with Crippen LogP contribution < -0.4 is 10.3 Å². The minimum atomic E-state index is -0.466. The Morgan fingerprint density at radius 3 is 2.37 bits per heavy atom. The standard InChI is InChI=1S/C29H25ClN4O4/c30-24-17-19(10-12-26(24)35)28(37)32-31-18-20-9-11-23(22-6-2-1-5-21(20)22)29(38)34-15-13-33(14-16-34)25-7-3-4-8-27(25)36/h1-12,17-18,35-36H,13-16H2,(H,32,37)/p+1/b31-18+. The average molecular weight is 530 g/mol. The first-order chi connectivity index (χ1) is 18.4. The van der Waals surface area contributed by atoms with E-state index in [9.17, 15) is 14.7 Å². The Morgan fingerprint density at radius 2 is 1.63 bits per heavy atom. The highest BCUT2D eigenvalue weighted by molar-refractivity contribution is 6.32. The maximum absolute atomic E-state index is 13.5. The number of carbonyl (C=O) groups is 2. The van der Waals surface area contributed by atoms with Gasteiger partial charge in [0.05, 0.1) is 11.2 Å². The molecule has 1 fully saturated rings. The molecule has 0 aliphatic carbocycles. The first-order valence-electron chi connectivity index (χ1n) is 12.1. The number of nitrogens with zero attached hydrogens (tertiary/aromatic N) is 3. The van der Waals surface area contributed by atoms with Gasteiger partial charge in [0.2, 0.25) is 0 Å². The second kappa shape index (κ2) is 10.8. The van der Waals surface area contributed by atoms with E-state index in [0.717, 1.165) is 22.0 Å². The van der Waals surface area contributed by atoms with Crippen LogP contribution in [0.3, 0.4) is 0 Å². The molecule has 0 atom stereocenters. The van der Waals surface area contributed by atoms with Gasteiger partial charge in [-0.2, -0.15) is 5.10 Å². The maximum atomic E-state index is 13.5. The highest BCUT2D eigenvalue weighted by Crippen LogP contribution is 2.28. The van der Waals surface area contributed by atoms with E-state index in [1.807, 2.05) is 53.4 Å². The lowest BCUT2D eigenvalue weighted by Gasteiger charge is -2.35. The minimum Gasteiger partial charge on any atom is -0.592 e. The number of hydrogen-bond acceptors (Lipinski definition) is 5. The molecule has 4 N–H and O–H groups in total. The first-order valence-corrected chi connectivity index (χ1v) is 12.5. The lowest BCUT2D eigenvalue weighted by molar-refractivity contribution is 0.0748. The molecule has 0 saturated carbocycles. The Labute approximate surface area is 224 Å². The molecule has 8 nitrogen and oxygen atoms in total. The van der Waals surface area contributed by atoms with Crippen molar-refractivity contribution < 1.29 is 19.8 Å². The largest absolute Gasteiger partial charge is 0.592 e. The second-order valence-corrected chi connectivity index (χ2v) is 9.32. The number of fused-ring (bicyclic) bond motifs is 1. The molecule has 9 heteroatoms. The van der Waals surface area contributed by atoms with Gasteiger partial charge in [-0.3, -0.25) is 9.59 Å². The van der Waals surface area contributed by atoms with Crippen LogP contribution in [-0.2, 0) is 0 Å². The summed E-state index contributed by atoms with van der Waals surface area (Å²) in [7, 11) is 0. The zero-order chi connectivity index (χ0) is 26.6. The highest BCUT2D eigenvalue weighted by atomic mass is 35.5. The summed E-state index contributed by atoms with van der Waals surface area (Å²) >= 11 is 5.88. The third-order valence-electron chi connectivity index (χ3n) is 6.58. The van der Waals surface area contributed by atoms with Gasteiger partial charge in [0.25, 0.3) is 17.6 Å². The van der Waals surface area contributed by atoms with Crippen molar-refractivity contribution in [2.75, 3.05) is 31.1 Å². The van der Waals surface area contributed by atoms with Crippen molar-refractivity contribution in [1.82, 2.24) is 10.3 Å². The molecule has 0 aromatic heterocycles. The van der Waals surface area contributed by atoms with Crippen LogP contribution in [0.25, 0.3) is 10.8 Å². The van der Waals surface area contributed by atoms with E-state index in [-0.39, 0.29) is 22.2 Å². The van der Waals surface area contributed by atoms with Crippen LogP contribution in [0.15, 0.2) is 84.0 Å². The number of benzene rings is 4. The van der Waals surface area contributed by atoms with Crippen molar-refractivity contribution in [2.24, 2.45) is 5.10 Å². The molecule has 1 aliphatic heterocycles. The lowest BCUT2D eigenvalue weighted by Crippen LogP contribution is -2.48. The zero-order valence-corrected chi connectivity index (χ0v) is 21.2. The molecule has 0 spiro atoms. The molecule has 0 radical (unpaired) electrons. The van der Waals surface area contributed by atoms with Crippen LogP contribution in [0.1, 0.15) is 26.3 Å². The molecule has 1 aliphatic rings. The minimum absolute atomic E-state index is 0.0407. The number of piperazine rings is 1. The third kappa shape index (κ3) is 5.12. The number of para-hydroxylation sites is 2. The monoisotopic (exact) mass is 529 g/mol. The molecular weight excluding hydrogens is 504 g/mol. The van der Waals surface area contributed by atoms with Crippen LogP contribution in [0.4, 0.5) is 5.69 Å². The number of amides is 2. The summed E-state index contributed by atoms with van der Waals surface area (Å²) in [6, 6.07) is 22.9. The summed E-state index contributed by atoms with van der Waals surface area (Å²) in [5.74, 6) is -0.126. The molecule has 192 valence electrons. The predicted octanol–water partition coefficient (Wildman–Crippen LogP) is 4.36. The number of carbonyl (C=O) groups excluding carboxylic acids is 2. The first kappa shape index (κ1) is 25.1. The van der Waals surface area contributed by atoms with Crippen LogP contribution in [0, 0.1) is 0 Å². The molecule has 0 bridgehead atoms. The Hall–Kier alpha value is -4.56. The summed E-state index contributed by atoms with van der Waals surface area (Å²) in [4.78, 5) is 29.9. The predicted molar refractivity (Wildman–Crippen MR) is 150 cm³/mol. The van der Waals surface area contributed by atoms with E-state index >= 15 is 0 Å². The summed E-state index contributed by atoms with van der Waals surface area (Å²) in [6.45, 7) is 2.46. The quantitative estimate of drug-likeness (QED) is 0.227. The summed E-state index contributed by atoms with van der Waals surface area (Å²) in [5.41, 5.74) is 4.97. The second-order valence-electron chi connectivity index (χ2n) is 8.91. The van der Waals surface area contributed by atoms with Gasteiger partial charge < -0.3 is 20.0 Å². The average Bonchev–Trinajstić information content (AvgIpc) is 2.94. The topological polar surface area (TPSA) is 108 Å². The fraction of sp³-hybridized carbons (Fsp3) is 0.138. The van der Waals surface area contributed by atoms with Gasteiger partial charge in [-0.25, -0.2) is 5.43 Å². The van der Waals surface area contributed by atoms with Crippen LogP contribution in [0.2, 0.25) is 5.02 Å². The van der Waals surface area contributed by atoms with Crippen molar-refractivity contribution in [3.63, 3.8) is 0 Å². The number of anilines is 1. The number of hydrogen-bond donors (Lipinski definition) is 2. The van der Waals surface area contributed by atoms with Crippen molar-refractivity contribution in [3.05, 3.63) is 101 Å². The molecule has 5 rings (SSSR count). The smallest absolute Gasteiger partial charge is 0.277 e. The SMILES string of the molecule is O=C(N/N=C/c1ccc(C(=O)N2CCN(c3ccccc3[OH2+])CC2)c2ccccc12)c1ccc(O)c(Cl)c1. The maximum Gasteiger partial charge on any atom is 0.277 e. The fourth-order valence-electron chi connectivity index (χ4n) is 4.56. The van der Waals surface area contributed by atoms with Crippen LogP contribution in [0.5, 0.6) is 11.5 Å². The van der Waals surface area contributed by atoms with Gasteiger partial charge in [-0.05, 0) is 41.1 Å². The number of rotatable bonds is 5. The van der Waals surface area contributed by atoms with Gasteiger partial charge in [-0.15, -0.1) is 0 Å². The van der Waals surface area contributed by atoms with Crippen molar-refractivity contribution >= 4 is 46.1 Å². The number of nitrogens with one attached hydrogen (secondary N) is 1. The summed E-state index contributed by atoms with van der Waals surface area (Å²) in [6.07, 6.45) is 1.54. The van der Waals surface area contributed by atoms with E-state index < -0.39 is 5.91 Å². The number of phenols is 1.